The smallest absolute Gasteiger partial charge is 0.306 e. The Labute approximate surface area is 150 Å². The number of sulfonamides is 1. The van der Waals surface area contributed by atoms with Gasteiger partial charge in [0, 0.05) is 19.5 Å². The molecule has 25 heavy (non-hydrogen) atoms. The Morgan fingerprint density at radius 3 is 2.36 bits per heavy atom. The van der Waals surface area contributed by atoms with Gasteiger partial charge in [0.15, 0.2) is 0 Å². The van der Waals surface area contributed by atoms with Crippen LogP contribution < -0.4 is 0 Å². The molecular weight excluding hydrogens is 338 g/mol. The average molecular weight is 365 g/mol. The van der Waals surface area contributed by atoms with Gasteiger partial charge in [-0.15, -0.1) is 0 Å². The normalized spacial score (nSPS) is 16.7. The number of benzene rings is 1. The highest BCUT2D eigenvalue weighted by molar-refractivity contribution is 7.89. The minimum absolute atomic E-state index is 0.251. The molecule has 0 spiro atoms. The van der Waals surface area contributed by atoms with Crippen LogP contribution in [0.1, 0.15) is 44.6 Å². The van der Waals surface area contributed by atoms with E-state index >= 15 is 0 Å². The van der Waals surface area contributed by atoms with Crippen LogP contribution in [0.5, 0.6) is 0 Å². The van der Waals surface area contributed by atoms with E-state index in [-0.39, 0.29) is 12.4 Å². The van der Waals surface area contributed by atoms with E-state index in [1.165, 1.54) is 0 Å². The van der Waals surface area contributed by atoms with Crippen molar-refractivity contribution in [2.75, 3.05) is 19.7 Å². The number of carbonyl (C=O) groups is 1. The number of esters is 1. The molecule has 0 unspecified atom stereocenters. The SMILES string of the molecule is C/C=C/COC(=O)CCc1ccc(S(=O)(=O)N2CCCCCC2)cc1. The maximum Gasteiger partial charge on any atom is 0.306 e. The van der Waals surface area contributed by atoms with Gasteiger partial charge in [0.25, 0.3) is 0 Å². The molecule has 0 amide bonds. The number of aryl methyl sites for hydroxylation is 1. The molecule has 0 saturated carbocycles. The summed E-state index contributed by atoms with van der Waals surface area (Å²) in [6.07, 6.45) is 8.47. The summed E-state index contributed by atoms with van der Waals surface area (Å²) in [5, 5.41) is 0. The largest absolute Gasteiger partial charge is 0.461 e. The van der Waals surface area contributed by atoms with Gasteiger partial charge >= 0.3 is 5.97 Å². The Bertz CT molecular complexity index is 672. The highest BCUT2D eigenvalue weighted by Gasteiger charge is 2.24. The molecule has 0 aliphatic carbocycles. The van der Waals surface area contributed by atoms with E-state index in [2.05, 4.69) is 0 Å². The van der Waals surface area contributed by atoms with Crippen LogP contribution in [0.15, 0.2) is 41.3 Å². The molecule has 1 aromatic rings. The van der Waals surface area contributed by atoms with E-state index < -0.39 is 10.0 Å². The van der Waals surface area contributed by atoms with Crippen LogP contribution in [0, 0.1) is 0 Å². The van der Waals surface area contributed by atoms with Crippen LogP contribution >= 0.6 is 0 Å². The van der Waals surface area contributed by atoms with Crippen molar-refractivity contribution in [1.29, 1.82) is 0 Å². The number of hydrogen-bond donors (Lipinski definition) is 0. The van der Waals surface area contributed by atoms with E-state index in [9.17, 15) is 13.2 Å². The van der Waals surface area contributed by atoms with Gasteiger partial charge in [0.05, 0.1) is 4.90 Å². The Hall–Kier alpha value is -1.66. The molecule has 0 N–H and O–H groups in total. The summed E-state index contributed by atoms with van der Waals surface area (Å²) >= 11 is 0. The summed E-state index contributed by atoms with van der Waals surface area (Å²) in [5.41, 5.74) is 0.929. The number of nitrogens with zero attached hydrogens (tertiary/aromatic N) is 1. The first kappa shape index (κ1) is 19.7. The highest BCUT2D eigenvalue weighted by Crippen LogP contribution is 2.21. The number of allylic oxidation sites excluding steroid dienone is 1. The zero-order chi connectivity index (χ0) is 18.1. The fraction of sp³-hybridized carbons (Fsp3) is 0.526. The third-order valence-electron chi connectivity index (χ3n) is 4.32. The van der Waals surface area contributed by atoms with Gasteiger partial charge in [-0.25, -0.2) is 8.42 Å². The fourth-order valence-corrected chi connectivity index (χ4v) is 4.33. The van der Waals surface area contributed by atoms with Gasteiger partial charge in [-0.05, 0) is 43.9 Å². The van der Waals surface area contributed by atoms with Gasteiger partial charge in [0.2, 0.25) is 10.0 Å². The second-order valence-electron chi connectivity index (χ2n) is 6.21. The standard InChI is InChI=1S/C19H27NO4S/c1-2-3-16-24-19(21)13-10-17-8-11-18(12-9-17)25(22,23)20-14-6-4-5-7-15-20/h2-3,8-9,11-12H,4-7,10,13-16H2,1H3/b3-2+. The molecule has 0 aromatic heterocycles. The molecule has 1 aromatic carbocycles. The van der Waals surface area contributed by atoms with E-state index in [4.69, 9.17) is 4.74 Å². The summed E-state index contributed by atoms with van der Waals surface area (Å²) < 4.78 is 32.1. The second-order valence-corrected chi connectivity index (χ2v) is 8.15. The van der Waals surface area contributed by atoms with Crippen molar-refractivity contribution in [3.8, 4) is 0 Å². The van der Waals surface area contributed by atoms with Gasteiger partial charge in [-0.3, -0.25) is 4.79 Å². The molecule has 1 fully saturated rings. The molecule has 2 rings (SSSR count). The second kappa shape index (κ2) is 9.73. The van der Waals surface area contributed by atoms with Crippen LogP contribution in [0.25, 0.3) is 0 Å². The molecule has 1 aliphatic heterocycles. The lowest BCUT2D eigenvalue weighted by Crippen LogP contribution is -2.31. The van der Waals surface area contributed by atoms with Crippen molar-refractivity contribution in [2.45, 2.75) is 50.3 Å². The lowest BCUT2D eigenvalue weighted by Gasteiger charge is -2.20. The Balaban J connectivity index is 1.93. The molecule has 1 saturated heterocycles. The third kappa shape index (κ3) is 5.97. The first-order valence-electron chi connectivity index (χ1n) is 8.90. The monoisotopic (exact) mass is 365 g/mol. The number of carbonyl (C=O) groups excluding carboxylic acids is 1. The van der Waals surface area contributed by atoms with Gasteiger partial charge in [-0.2, -0.15) is 4.31 Å². The molecular formula is C19H27NO4S. The van der Waals surface area contributed by atoms with Crippen molar-refractivity contribution in [3.63, 3.8) is 0 Å². The Kier molecular flexibility index (Phi) is 7.65. The molecule has 138 valence electrons. The van der Waals surface area contributed by atoms with E-state index in [1.807, 2.05) is 13.0 Å². The summed E-state index contributed by atoms with van der Waals surface area (Å²) in [4.78, 5) is 11.9. The summed E-state index contributed by atoms with van der Waals surface area (Å²) in [7, 11) is -3.41. The van der Waals surface area contributed by atoms with Gasteiger partial charge < -0.3 is 4.74 Å². The van der Waals surface area contributed by atoms with Crippen molar-refractivity contribution < 1.29 is 17.9 Å². The summed E-state index contributed by atoms with van der Waals surface area (Å²) in [5.74, 6) is -0.251. The fourth-order valence-electron chi connectivity index (χ4n) is 2.82. The van der Waals surface area contributed by atoms with Crippen molar-refractivity contribution in [1.82, 2.24) is 4.31 Å². The zero-order valence-corrected chi connectivity index (χ0v) is 15.6. The van der Waals surface area contributed by atoms with E-state index in [0.717, 1.165) is 31.2 Å². The predicted octanol–water partition coefficient (Wildman–Crippen LogP) is 3.30. The van der Waals surface area contributed by atoms with E-state index in [1.54, 1.807) is 34.6 Å². The van der Waals surface area contributed by atoms with Gasteiger partial charge in [0.1, 0.15) is 6.61 Å². The molecule has 1 aliphatic rings. The average Bonchev–Trinajstić information content (AvgIpc) is 2.90. The first-order valence-corrected chi connectivity index (χ1v) is 10.3. The van der Waals surface area contributed by atoms with Crippen LogP contribution in [0.2, 0.25) is 0 Å². The topological polar surface area (TPSA) is 63.7 Å². The minimum atomic E-state index is -3.41. The van der Waals surface area contributed by atoms with Crippen molar-refractivity contribution in [2.24, 2.45) is 0 Å². The van der Waals surface area contributed by atoms with Crippen LogP contribution in [-0.2, 0) is 26.0 Å². The van der Waals surface area contributed by atoms with E-state index in [0.29, 0.717) is 31.0 Å². The lowest BCUT2D eigenvalue weighted by molar-refractivity contribution is -0.142. The molecule has 1 heterocycles. The maximum atomic E-state index is 12.7. The Morgan fingerprint density at radius 1 is 1.12 bits per heavy atom. The van der Waals surface area contributed by atoms with Gasteiger partial charge in [-0.1, -0.05) is 37.1 Å². The van der Waals surface area contributed by atoms with Crippen LogP contribution in [-0.4, -0.2) is 38.4 Å². The lowest BCUT2D eigenvalue weighted by atomic mass is 10.1. The first-order chi connectivity index (χ1) is 12.0. The number of rotatable bonds is 7. The zero-order valence-electron chi connectivity index (χ0n) is 14.8. The molecule has 5 nitrogen and oxygen atoms in total. The van der Waals surface area contributed by atoms with Crippen molar-refractivity contribution >= 4 is 16.0 Å². The van der Waals surface area contributed by atoms with Crippen molar-refractivity contribution in [3.05, 3.63) is 42.0 Å². The summed E-state index contributed by atoms with van der Waals surface area (Å²) in [6.45, 7) is 3.36. The molecule has 0 bridgehead atoms. The molecule has 6 heteroatoms. The predicted molar refractivity (Wildman–Crippen MR) is 97.8 cm³/mol. The molecule has 0 atom stereocenters. The van der Waals surface area contributed by atoms with Crippen LogP contribution in [0.4, 0.5) is 0 Å². The Morgan fingerprint density at radius 2 is 1.76 bits per heavy atom. The van der Waals surface area contributed by atoms with Crippen LogP contribution in [0.3, 0.4) is 0 Å². The maximum absolute atomic E-state index is 12.7. The quantitative estimate of drug-likeness (QED) is 0.549. The number of ether oxygens (including phenoxy) is 1. The minimum Gasteiger partial charge on any atom is -0.461 e. The summed E-state index contributed by atoms with van der Waals surface area (Å²) in [6, 6.07) is 6.84. The third-order valence-corrected chi connectivity index (χ3v) is 6.23. The number of hydrogen-bond acceptors (Lipinski definition) is 4. The molecule has 0 radical (unpaired) electrons. The highest BCUT2D eigenvalue weighted by atomic mass is 32.2.